The molecule has 1 saturated heterocycles. The lowest BCUT2D eigenvalue weighted by atomic mass is 10.1. The maximum absolute atomic E-state index is 13.1. The minimum absolute atomic E-state index is 0.0475. The van der Waals surface area contributed by atoms with Crippen LogP contribution in [-0.4, -0.2) is 44.9 Å². The molecule has 0 aromatic heterocycles. The molecule has 1 heterocycles. The number of ether oxygens (including phenoxy) is 2. The molecular formula is C13H17ClFNO2. The Morgan fingerprint density at radius 3 is 3.11 bits per heavy atom. The van der Waals surface area contributed by atoms with Crippen molar-refractivity contribution in [1.29, 1.82) is 0 Å². The van der Waals surface area contributed by atoms with Gasteiger partial charge in [0, 0.05) is 26.7 Å². The van der Waals surface area contributed by atoms with Crippen LogP contribution in [0.25, 0.3) is 0 Å². The van der Waals surface area contributed by atoms with E-state index in [4.69, 9.17) is 21.1 Å². The van der Waals surface area contributed by atoms with E-state index in [0.717, 1.165) is 25.2 Å². The average molecular weight is 274 g/mol. The SMILES string of the molecule is COCCN1CCO[C@@H](c2ccc(F)c(Cl)c2)C1. The fraction of sp³-hybridized carbons (Fsp3) is 0.538. The summed E-state index contributed by atoms with van der Waals surface area (Å²) in [6.45, 7) is 3.94. The van der Waals surface area contributed by atoms with Crippen LogP contribution in [0.4, 0.5) is 4.39 Å². The van der Waals surface area contributed by atoms with Gasteiger partial charge < -0.3 is 9.47 Å². The third kappa shape index (κ3) is 3.42. The Balaban J connectivity index is 2.01. The van der Waals surface area contributed by atoms with E-state index in [2.05, 4.69) is 4.90 Å². The van der Waals surface area contributed by atoms with E-state index in [-0.39, 0.29) is 11.1 Å². The van der Waals surface area contributed by atoms with Crippen molar-refractivity contribution in [2.75, 3.05) is 40.0 Å². The lowest BCUT2D eigenvalue weighted by Crippen LogP contribution is -2.40. The summed E-state index contributed by atoms with van der Waals surface area (Å²) in [5, 5.41) is 0.144. The van der Waals surface area contributed by atoms with E-state index in [0.29, 0.717) is 13.2 Å². The highest BCUT2D eigenvalue weighted by atomic mass is 35.5. The Hall–Kier alpha value is -0.680. The molecule has 0 saturated carbocycles. The molecule has 100 valence electrons. The second-order valence-corrected chi connectivity index (χ2v) is 4.73. The van der Waals surface area contributed by atoms with Gasteiger partial charge in [-0.1, -0.05) is 17.7 Å². The molecule has 0 N–H and O–H groups in total. The summed E-state index contributed by atoms with van der Waals surface area (Å²) in [7, 11) is 1.69. The fourth-order valence-corrected chi connectivity index (χ4v) is 2.23. The molecule has 0 spiro atoms. The van der Waals surface area contributed by atoms with Crippen molar-refractivity contribution >= 4 is 11.6 Å². The Morgan fingerprint density at radius 2 is 2.39 bits per heavy atom. The van der Waals surface area contributed by atoms with Gasteiger partial charge in [-0.15, -0.1) is 0 Å². The topological polar surface area (TPSA) is 21.7 Å². The molecule has 0 bridgehead atoms. The van der Waals surface area contributed by atoms with Crippen LogP contribution in [0.1, 0.15) is 11.7 Å². The number of methoxy groups -OCH3 is 1. The maximum Gasteiger partial charge on any atom is 0.141 e. The summed E-state index contributed by atoms with van der Waals surface area (Å²) in [6, 6.07) is 4.75. The van der Waals surface area contributed by atoms with Gasteiger partial charge in [-0.05, 0) is 17.7 Å². The lowest BCUT2D eigenvalue weighted by Gasteiger charge is -2.33. The summed E-state index contributed by atoms with van der Waals surface area (Å²) in [5.74, 6) is -0.396. The smallest absolute Gasteiger partial charge is 0.141 e. The summed E-state index contributed by atoms with van der Waals surface area (Å²) in [5.41, 5.74) is 0.920. The van der Waals surface area contributed by atoms with E-state index < -0.39 is 5.82 Å². The van der Waals surface area contributed by atoms with Gasteiger partial charge >= 0.3 is 0 Å². The van der Waals surface area contributed by atoms with Gasteiger partial charge in [0.15, 0.2) is 0 Å². The molecule has 1 aromatic carbocycles. The highest BCUT2D eigenvalue weighted by Gasteiger charge is 2.22. The van der Waals surface area contributed by atoms with Crippen molar-refractivity contribution in [3.8, 4) is 0 Å². The molecule has 5 heteroatoms. The molecule has 18 heavy (non-hydrogen) atoms. The zero-order valence-electron chi connectivity index (χ0n) is 10.4. The third-order valence-electron chi connectivity index (χ3n) is 3.08. The molecule has 1 aliphatic heterocycles. The van der Waals surface area contributed by atoms with Crippen molar-refractivity contribution in [2.24, 2.45) is 0 Å². The highest BCUT2D eigenvalue weighted by Crippen LogP contribution is 2.25. The van der Waals surface area contributed by atoms with Gasteiger partial charge in [0.1, 0.15) is 5.82 Å². The standard InChI is InChI=1S/C13H17ClFNO2/c1-17-6-4-16-5-7-18-13(9-16)10-2-3-12(15)11(14)8-10/h2-3,8,13H,4-7,9H2,1H3/t13-/m1/s1. The lowest BCUT2D eigenvalue weighted by molar-refractivity contribution is -0.0356. The highest BCUT2D eigenvalue weighted by molar-refractivity contribution is 6.30. The number of rotatable bonds is 4. The molecule has 1 fully saturated rings. The van der Waals surface area contributed by atoms with Crippen LogP contribution in [-0.2, 0) is 9.47 Å². The summed E-state index contributed by atoms with van der Waals surface area (Å²) in [6.07, 6.45) is -0.0475. The Labute approximate surface area is 111 Å². The number of hydrogen-bond acceptors (Lipinski definition) is 3. The van der Waals surface area contributed by atoms with Crippen molar-refractivity contribution in [3.05, 3.63) is 34.6 Å². The first kappa shape index (κ1) is 13.7. The predicted molar refractivity (Wildman–Crippen MR) is 68.4 cm³/mol. The Kier molecular flexibility index (Phi) is 4.95. The first-order chi connectivity index (χ1) is 8.70. The van der Waals surface area contributed by atoms with Crippen molar-refractivity contribution in [2.45, 2.75) is 6.10 Å². The summed E-state index contributed by atoms with van der Waals surface area (Å²) in [4.78, 5) is 2.27. The maximum atomic E-state index is 13.1. The van der Waals surface area contributed by atoms with Crippen LogP contribution in [0.3, 0.4) is 0 Å². The van der Waals surface area contributed by atoms with E-state index >= 15 is 0 Å². The fourth-order valence-electron chi connectivity index (χ4n) is 2.04. The van der Waals surface area contributed by atoms with Gasteiger partial charge in [-0.2, -0.15) is 0 Å². The van der Waals surface area contributed by atoms with Crippen LogP contribution < -0.4 is 0 Å². The van der Waals surface area contributed by atoms with Crippen LogP contribution in [0.2, 0.25) is 5.02 Å². The monoisotopic (exact) mass is 273 g/mol. The zero-order valence-corrected chi connectivity index (χ0v) is 11.1. The van der Waals surface area contributed by atoms with E-state index in [1.165, 1.54) is 6.07 Å². The molecular weight excluding hydrogens is 257 g/mol. The Bertz CT molecular complexity index is 403. The number of hydrogen-bond donors (Lipinski definition) is 0. The molecule has 0 amide bonds. The molecule has 1 aliphatic rings. The number of benzene rings is 1. The van der Waals surface area contributed by atoms with Crippen LogP contribution in [0.5, 0.6) is 0 Å². The molecule has 3 nitrogen and oxygen atoms in total. The largest absolute Gasteiger partial charge is 0.383 e. The van der Waals surface area contributed by atoms with Crippen LogP contribution in [0.15, 0.2) is 18.2 Å². The third-order valence-corrected chi connectivity index (χ3v) is 3.37. The molecule has 1 atom stereocenters. The molecule has 0 aliphatic carbocycles. The van der Waals surface area contributed by atoms with Crippen molar-refractivity contribution < 1.29 is 13.9 Å². The second-order valence-electron chi connectivity index (χ2n) is 4.33. The van der Waals surface area contributed by atoms with Gasteiger partial charge in [-0.3, -0.25) is 4.90 Å². The number of morpholine rings is 1. The minimum atomic E-state index is -0.396. The van der Waals surface area contributed by atoms with E-state index in [1.807, 2.05) is 0 Å². The van der Waals surface area contributed by atoms with Crippen LogP contribution in [0, 0.1) is 5.82 Å². The van der Waals surface area contributed by atoms with Gasteiger partial charge in [0.05, 0.1) is 24.3 Å². The van der Waals surface area contributed by atoms with Crippen molar-refractivity contribution in [1.82, 2.24) is 4.90 Å². The summed E-state index contributed by atoms with van der Waals surface area (Å²) < 4.78 is 23.9. The Morgan fingerprint density at radius 1 is 1.56 bits per heavy atom. The van der Waals surface area contributed by atoms with Gasteiger partial charge in [-0.25, -0.2) is 4.39 Å². The molecule has 0 unspecified atom stereocenters. The molecule has 1 aromatic rings. The number of nitrogens with zero attached hydrogens (tertiary/aromatic N) is 1. The molecule has 0 radical (unpaired) electrons. The average Bonchev–Trinajstić information content (AvgIpc) is 2.40. The number of halogens is 2. The van der Waals surface area contributed by atoms with E-state index in [1.54, 1.807) is 19.2 Å². The van der Waals surface area contributed by atoms with Crippen LogP contribution >= 0.6 is 11.6 Å². The van der Waals surface area contributed by atoms with Gasteiger partial charge in [0.25, 0.3) is 0 Å². The van der Waals surface area contributed by atoms with Crippen molar-refractivity contribution in [3.63, 3.8) is 0 Å². The first-order valence-corrected chi connectivity index (χ1v) is 6.36. The van der Waals surface area contributed by atoms with Gasteiger partial charge in [0.2, 0.25) is 0 Å². The van der Waals surface area contributed by atoms with E-state index in [9.17, 15) is 4.39 Å². The quantitative estimate of drug-likeness (QED) is 0.841. The second kappa shape index (κ2) is 6.48. The minimum Gasteiger partial charge on any atom is -0.383 e. The summed E-state index contributed by atoms with van der Waals surface area (Å²) >= 11 is 5.79. The predicted octanol–water partition coefficient (Wildman–Crippen LogP) is 2.50. The first-order valence-electron chi connectivity index (χ1n) is 5.98. The normalized spacial score (nSPS) is 21.2. The molecule has 2 rings (SSSR count). The zero-order chi connectivity index (χ0) is 13.0.